The topological polar surface area (TPSA) is 72.2 Å². The van der Waals surface area contributed by atoms with Gasteiger partial charge in [0.2, 0.25) is 10.0 Å². The van der Waals surface area contributed by atoms with Gasteiger partial charge in [-0.05, 0) is 55.0 Å². The van der Waals surface area contributed by atoms with Gasteiger partial charge in [0, 0.05) is 12.6 Å². The van der Waals surface area contributed by atoms with E-state index in [0.29, 0.717) is 0 Å². The molecule has 0 aliphatic heterocycles. The Bertz CT molecular complexity index is 816. The van der Waals surface area contributed by atoms with E-state index in [2.05, 4.69) is 36.5 Å². The van der Waals surface area contributed by atoms with Crippen LogP contribution in [0, 0.1) is 6.92 Å². The van der Waals surface area contributed by atoms with Crippen LogP contribution in [0.5, 0.6) is 0 Å². The summed E-state index contributed by atoms with van der Waals surface area (Å²) in [5.41, 5.74) is 4.76. The number of primary sulfonamides is 1. The predicted molar refractivity (Wildman–Crippen MR) is 91.5 cm³/mol. The number of fused-ring (bicyclic) bond motifs is 1. The van der Waals surface area contributed by atoms with Gasteiger partial charge in [0.1, 0.15) is 0 Å². The lowest BCUT2D eigenvalue weighted by molar-refractivity contribution is 0.458. The van der Waals surface area contributed by atoms with Crippen molar-refractivity contribution in [3.8, 4) is 0 Å². The number of hydrogen-bond donors (Lipinski definition) is 2. The largest absolute Gasteiger partial charge is 0.306 e. The highest BCUT2D eigenvalue weighted by Gasteiger charge is 2.22. The molecule has 3 N–H and O–H groups in total. The zero-order valence-electron chi connectivity index (χ0n) is 13.2. The molecule has 23 heavy (non-hydrogen) atoms. The molecule has 0 saturated heterocycles. The van der Waals surface area contributed by atoms with Crippen molar-refractivity contribution < 1.29 is 8.42 Å². The summed E-state index contributed by atoms with van der Waals surface area (Å²) in [6.45, 7) is 2.85. The molecule has 0 fully saturated rings. The van der Waals surface area contributed by atoms with Gasteiger partial charge in [-0.15, -0.1) is 0 Å². The summed E-state index contributed by atoms with van der Waals surface area (Å²) in [6, 6.07) is 13.8. The molecular weight excluding hydrogens is 308 g/mol. The average molecular weight is 330 g/mol. The zero-order valence-corrected chi connectivity index (χ0v) is 14.1. The molecule has 1 aliphatic rings. The van der Waals surface area contributed by atoms with Crippen LogP contribution >= 0.6 is 0 Å². The third-order valence-electron chi connectivity index (χ3n) is 4.40. The highest BCUT2D eigenvalue weighted by Crippen LogP contribution is 2.31. The van der Waals surface area contributed by atoms with Gasteiger partial charge in [0.25, 0.3) is 0 Å². The van der Waals surface area contributed by atoms with E-state index < -0.39 is 10.0 Å². The average Bonchev–Trinajstić information content (AvgIpc) is 2.51. The second kappa shape index (κ2) is 6.43. The van der Waals surface area contributed by atoms with E-state index in [1.54, 1.807) is 12.1 Å². The number of hydrogen-bond acceptors (Lipinski definition) is 3. The molecule has 4 nitrogen and oxygen atoms in total. The molecule has 0 amide bonds. The minimum absolute atomic E-state index is 0.168. The molecule has 5 heteroatoms. The standard InChI is InChI=1S/C18H22N2O2S/c1-13-4-2-5-14(10-13)12-20-18-7-3-6-15-8-9-16(11-17(15)18)23(19,21)22/h2,4-5,8-11,18,20H,3,6-7,12H2,1H3,(H2,19,21,22). The Labute approximate surface area is 137 Å². The van der Waals surface area contributed by atoms with Crippen LogP contribution in [-0.2, 0) is 23.0 Å². The van der Waals surface area contributed by atoms with Gasteiger partial charge in [0.15, 0.2) is 0 Å². The first kappa shape index (κ1) is 16.2. The fourth-order valence-corrected chi connectivity index (χ4v) is 3.78. The normalized spacial score (nSPS) is 17.7. The number of benzene rings is 2. The molecule has 2 aromatic carbocycles. The first-order chi connectivity index (χ1) is 10.9. The van der Waals surface area contributed by atoms with Crippen molar-refractivity contribution in [2.24, 2.45) is 5.14 Å². The van der Waals surface area contributed by atoms with Crippen molar-refractivity contribution in [3.63, 3.8) is 0 Å². The van der Waals surface area contributed by atoms with Crippen LogP contribution in [0.4, 0.5) is 0 Å². The smallest absolute Gasteiger partial charge is 0.238 e. The number of sulfonamides is 1. The Hall–Kier alpha value is -1.69. The second-order valence-electron chi connectivity index (χ2n) is 6.22. The molecule has 0 bridgehead atoms. The molecule has 0 saturated carbocycles. The van der Waals surface area contributed by atoms with E-state index in [1.165, 1.54) is 16.7 Å². The maximum Gasteiger partial charge on any atom is 0.238 e. The third-order valence-corrected chi connectivity index (χ3v) is 5.31. The highest BCUT2D eigenvalue weighted by atomic mass is 32.2. The molecule has 122 valence electrons. The van der Waals surface area contributed by atoms with Crippen LogP contribution in [0.25, 0.3) is 0 Å². The molecule has 2 aromatic rings. The summed E-state index contributed by atoms with van der Waals surface area (Å²) in [6.07, 6.45) is 3.10. The summed E-state index contributed by atoms with van der Waals surface area (Å²) in [7, 11) is -3.66. The van der Waals surface area contributed by atoms with Crippen LogP contribution in [0.2, 0.25) is 0 Å². The summed E-state index contributed by atoms with van der Waals surface area (Å²) >= 11 is 0. The van der Waals surface area contributed by atoms with Crippen molar-refractivity contribution in [2.75, 3.05) is 0 Å². The van der Waals surface area contributed by atoms with Gasteiger partial charge in [-0.2, -0.15) is 0 Å². The zero-order chi connectivity index (χ0) is 16.4. The number of nitrogens with two attached hydrogens (primary N) is 1. The molecule has 0 aromatic heterocycles. The van der Waals surface area contributed by atoms with Gasteiger partial charge in [-0.3, -0.25) is 0 Å². The fraction of sp³-hybridized carbons (Fsp3) is 0.333. The van der Waals surface area contributed by atoms with Crippen molar-refractivity contribution in [1.82, 2.24) is 5.32 Å². The van der Waals surface area contributed by atoms with Gasteiger partial charge in [-0.25, -0.2) is 13.6 Å². The second-order valence-corrected chi connectivity index (χ2v) is 7.78. The van der Waals surface area contributed by atoms with E-state index in [1.807, 2.05) is 6.07 Å². The minimum Gasteiger partial charge on any atom is -0.306 e. The lowest BCUT2D eigenvalue weighted by Crippen LogP contribution is -2.25. The Morgan fingerprint density at radius 1 is 1.22 bits per heavy atom. The van der Waals surface area contributed by atoms with Crippen molar-refractivity contribution in [2.45, 2.75) is 43.7 Å². The number of rotatable bonds is 4. The molecule has 0 heterocycles. The summed E-state index contributed by atoms with van der Waals surface area (Å²) in [5, 5.41) is 8.83. The third kappa shape index (κ3) is 3.80. The van der Waals surface area contributed by atoms with E-state index in [9.17, 15) is 8.42 Å². The molecule has 1 unspecified atom stereocenters. The Kier molecular flexibility index (Phi) is 4.53. The maximum atomic E-state index is 11.6. The molecule has 0 radical (unpaired) electrons. The van der Waals surface area contributed by atoms with E-state index in [4.69, 9.17) is 5.14 Å². The lowest BCUT2D eigenvalue weighted by atomic mass is 9.87. The molecule has 3 rings (SSSR count). The van der Waals surface area contributed by atoms with Gasteiger partial charge >= 0.3 is 0 Å². The minimum atomic E-state index is -3.66. The van der Waals surface area contributed by atoms with Crippen molar-refractivity contribution >= 4 is 10.0 Å². The van der Waals surface area contributed by atoms with E-state index in [-0.39, 0.29) is 10.9 Å². The van der Waals surface area contributed by atoms with Gasteiger partial charge in [-0.1, -0.05) is 35.9 Å². The first-order valence-corrected chi connectivity index (χ1v) is 9.43. The lowest BCUT2D eigenvalue weighted by Gasteiger charge is -2.27. The quantitative estimate of drug-likeness (QED) is 0.905. The van der Waals surface area contributed by atoms with Crippen LogP contribution < -0.4 is 10.5 Å². The predicted octanol–water partition coefficient (Wildman–Crippen LogP) is 2.81. The molecular formula is C18H22N2O2S. The molecule has 1 atom stereocenters. The van der Waals surface area contributed by atoms with Crippen LogP contribution in [-0.4, -0.2) is 8.42 Å². The Morgan fingerprint density at radius 2 is 2.04 bits per heavy atom. The Morgan fingerprint density at radius 3 is 2.78 bits per heavy atom. The molecule has 0 spiro atoms. The van der Waals surface area contributed by atoms with Gasteiger partial charge in [0.05, 0.1) is 4.90 Å². The molecule has 1 aliphatic carbocycles. The number of nitrogens with one attached hydrogen (secondary N) is 1. The maximum absolute atomic E-state index is 11.6. The SMILES string of the molecule is Cc1cccc(CNC2CCCc3ccc(S(N)(=O)=O)cc32)c1. The fourth-order valence-electron chi connectivity index (χ4n) is 3.23. The van der Waals surface area contributed by atoms with Crippen molar-refractivity contribution in [1.29, 1.82) is 0 Å². The summed E-state index contributed by atoms with van der Waals surface area (Å²) in [4.78, 5) is 0.195. The van der Waals surface area contributed by atoms with E-state index >= 15 is 0 Å². The number of aryl methyl sites for hydroxylation is 2. The Balaban J connectivity index is 1.83. The van der Waals surface area contributed by atoms with Crippen LogP contribution in [0.1, 0.15) is 41.1 Å². The van der Waals surface area contributed by atoms with Crippen LogP contribution in [0.15, 0.2) is 47.4 Å². The summed E-state index contributed by atoms with van der Waals surface area (Å²) < 4.78 is 23.2. The van der Waals surface area contributed by atoms with E-state index in [0.717, 1.165) is 31.4 Å². The van der Waals surface area contributed by atoms with Crippen LogP contribution in [0.3, 0.4) is 0 Å². The highest BCUT2D eigenvalue weighted by molar-refractivity contribution is 7.89. The first-order valence-electron chi connectivity index (χ1n) is 7.88. The summed E-state index contributed by atoms with van der Waals surface area (Å²) in [5.74, 6) is 0. The monoisotopic (exact) mass is 330 g/mol. The van der Waals surface area contributed by atoms with Crippen molar-refractivity contribution in [3.05, 3.63) is 64.7 Å². The van der Waals surface area contributed by atoms with Gasteiger partial charge < -0.3 is 5.32 Å².